The molecule has 0 unspecified atom stereocenters. The predicted octanol–water partition coefficient (Wildman–Crippen LogP) is 3.83. The minimum Gasteiger partial charge on any atom is -0.378 e. The van der Waals surface area contributed by atoms with Gasteiger partial charge in [0, 0.05) is 22.2 Å². The molecule has 0 amide bonds. The number of benzene rings is 1. The number of hydrogen-bond donors (Lipinski definition) is 2. The Morgan fingerprint density at radius 2 is 1.94 bits per heavy atom. The molecule has 1 aliphatic rings. The van der Waals surface area contributed by atoms with Crippen LogP contribution in [0.5, 0.6) is 0 Å². The molecule has 0 atom stereocenters. The summed E-state index contributed by atoms with van der Waals surface area (Å²) in [5, 5.41) is 3.67. The lowest BCUT2D eigenvalue weighted by Crippen LogP contribution is -2.47. The highest BCUT2D eigenvalue weighted by Gasteiger charge is 2.30. The van der Waals surface area contributed by atoms with Crippen LogP contribution < -0.4 is 11.1 Å². The van der Waals surface area contributed by atoms with Crippen molar-refractivity contribution in [1.82, 2.24) is 0 Å². The fourth-order valence-electron chi connectivity index (χ4n) is 2.72. The van der Waals surface area contributed by atoms with Gasteiger partial charge in [-0.25, -0.2) is 0 Å². The lowest BCUT2D eigenvalue weighted by Gasteiger charge is -2.38. The Labute approximate surface area is 112 Å². The molecule has 0 bridgehead atoms. The zero-order valence-electron chi connectivity index (χ0n) is 10.4. The first-order valence-electron chi connectivity index (χ1n) is 6.39. The summed E-state index contributed by atoms with van der Waals surface area (Å²) in [6.07, 6.45) is 6.30. The Bertz CT molecular complexity index is 364. The van der Waals surface area contributed by atoms with Crippen LogP contribution in [-0.2, 0) is 0 Å². The number of nitrogens with two attached hydrogens (primary N) is 1. The zero-order chi connectivity index (χ0) is 12.3. The van der Waals surface area contributed by atoms with E-state index < -0.39 is 0 Å². The summed E-state index contributed by atoms with van der Waals surface area (Å²) in [7, 11) is 0. The van der Waals surface area contributed by atoms with Gasteiger partial charge in [0.2, 0.25) is 0 Å². The van der Waals surface area contributed by atoms with Gasteiger partial charge in [-0.3, -0.25) is 0 Å². The minimum atomic E-state index is 0.117. The van der Waals surface area contributed by atoms with Gasteiger partial charge >= 0.3 is 0 Å². The van der Waals surface area contributed by atoms with E-state index in [4.69, 9.17) is 5.73 Å². The second kappa shape index (κ2) is 5.40. The monoisotopic (exact) mass is 296 g/mol. The largest absolute Gasteiger partial charge is 0.378 e. The van der Waals surface area contributed by atoms with E-state index in [1.807, 2.05) is 0 Å². The normalized spacial score (nSPS) is 19.0. The Hall–Kier alpha value is -0.540. The standard InChI is InChI=1S/C14H21BrN2/c1-11-7-12(15)9-13(8-11)17-14(10-16)5-3-2-4-6-14/h7-9,17H,2-6,10,16H2,1H3. The third-order valence-corrected chi connectivity index (χ3v) is 4.11. The van der Waals surface area contributed by atoms with E-state index in [9.17, 15) is 0 Å². The molecule has 3 N–H and O–H groups in total. The smallest absolute Gasteiger partial charge is 0.0495 e. The molecule has 17 heavy (non-hydrogen) atoms. The van der Waals surface area contributed by atoms with Crippen molar-refractivity contribution in [3.05, 3.63) is 28.2 Å². The van der Waals surface area contributed by atoms with Crippen molar-refractivity contribution in [3.8, 4) is 0 Å². The van der Waals surface area contributed by atoms with E-state index in [2.05, 4.69) is 46.4 Å². The number of rotatable bonds is 3. The van der Waals surface area contributed by atoms with Crippen LogP contribution in [0.3, 0.4) is 0 Å². The van der Waals surface area contributed by atoms with Gasteiger partial charge in [-0.2, -0.15) is 0 Å². The van der Waals surface area contributed by atoms with E-state index in [0.717, 1.165) is 11.0 Å². The predicted molar refractivity (Wildman–Crippen MR) is 77.4 cm³/mol. The maximum atomic E-state index is 5.99. The summed E-state index contributed by atoms with van der Waals surface area (Å²) in [6.45, 7) is 2.84. The van der Waals surface area contributed by atoms with Crippen LogP contribution in [0.15, 0.2) is 22.7 Å². The fraction of sp³-hybridized carbons (Fsp3) is 0.571. The van der Waals surface area contributed by atoms with Gasteiger partial charge in [0.25, 0.3) is 0 Å². The van der Waals surface area contributed by atoms with Gasteiger partial charge in [-0.1, -0.05) is 35.2 Å². The van der Waals surface area contributed by atoms with Crippen LogP contribution in [0.4, 0.5) is 5.69 Å². The van der Waals surface area contributed by atoms with Gasteiger partial charge in [-0.05, 0) is 43.5 Å². The van der Waals surface area contributed by atoms with E-state index >= 15 is 0 Å². The molecule has 1 aliphatic carbocycles. The average Bonchev–Trinajstić information content (AvgIpc) is 2.29. The fourth-order valence-corrected chi connectivity index (χ4v) is 3.33. The van der Waals surface area contributed by atoms with Crippen LogP contribution in [0.25, 0.3) is 0 Å². The van der Waals surface area contributed by atoms with Crippen molar-refractivity contribution in [1.29, 1.82) is 0 Å². The van der Waals surface area contributed by atoms with E-state index in [-0.39, 0.29) is 5.54 Å². The molecule has 2 nitrogen and oxygen atoms in total. The topological polar surface area (TPSA) is 38.0 Å². The first-order chi connectivity index (χ1) is 8.13. The minimum absolute atomic E-state index is 0.117. The number of nitrogens with one attached hydrogen (secondary N) is 1. The molecule has 0 aromatic heterocycles. The average molecular weight is 297 g/mol. The molecule has 1 aromatic rings. The Morgan fingerprint density at radius 1 is 1.24 bits per heavy atom. The van der Waals surface area contributed by atoms with Crippen LogP contribution in [0.1, 0.15) is 37.7 Å². The molecule has 94 valence electrons. The summed E-state index contributed by atoms with van der Waals surface area (Å²) < 4.78 is 1.13. The van der Waals surface area contributed by atoms with Crippen molar-refractivity contribution < 1.29 is 0 Å². The van der Waals surface area contributed by atoms with Crippen molar-refractivity contribution in [2.45, 2.75) is 44.6 Å². The highest BCUT2D eigenvalue weighted by Crippen LogP contribution is 2.32. The molecule has 2 rings (SSSR count). The van der Waals surface area contributed by atoms with Gasteiger partial charge < -0.3 is 11.1 Å². The van der Waals surface area contributed by atoms with Gasteiger partial charge in [0.15, 0.2) is 0 Å². The highest BCUT2D eigenvalue weighted by atomic mass is 79.9. The Balaban J connectivity index is 2.17. The summed E-state index contributed by atoms with van der Waals surface area (Å²) in [5.74, 6) is 0. The summed E-state index contributed by atoms with van der Waals surface area (Å²) >= 11 is 3.55. The summed E-state index contributed by atoms with van der Waals surface area (Å²) in [4.78, 5) is 0. The number of aryl methyl sites for hydroxylation is 1. The molecule has 1 aromatic carbocycles. The number of hydrogen-bond acceptors (Lipinski definition) is 2. The molecule has 0 saturated heterocycles. The molecule has 0 spiro atoms. The van der Waals surface area contributed by atoms with Gasteiger partial charge in [0.05, 0.1) is 0 Å². The quantitative estimate of drug-likeness (QED) is 0.890. The van der Waals surface area contributed by atoms with Crippen LogP contribution in [0.2, 0.25) is 0 Å². The molecule has 0 heterocycles. The maximum absolute atomic E-state index is 5.99. The second-order valence-electron chi connectivity index (χ2n) is 5.19. The van der Waals surface area contributed by atoms with Crippen molar-refractivity contribution in [2.75, 3.05) is 11.9 Å². The van der Waals surface area contributed by atoms with E-state index in [1.54, 1.807) is 0 Å². The molecular weight excluding hydrogens is 276 g/mol. The lowest BCUT2D eigenvalue weighted by molar-refractivity contribution is 0.331. The molecular formula is C14H21BrN2. The summed E-state index contributed by atoms with van der Waals surface area (Å²) in [5.41, 5.74) is 8.56. The first kappa shape index (κ1) is 12.9. The molecule has 1 saturated carbocycles. The van der Waals surface area contributed by atoms with E-state index in [1.165, 1.54) is 43.4 Å². The summed E-state index contributed by atoms with van der Waals surface area (Å²) in [6, 6.07) is 6.46. The Kier molecular flexibility index (Phi) is 4.10. The van der Waals surface area contributed by atoms with Gasteiger partial charge in [0.1, 0.15) is 0 Å². The maximum Gasteiger partial charge on any atom is 0.0495 e. The van der Waals surface area contributed by atoms with Crippen molar-refractivity contribution in [3.63, 3.8) is 0 Å². The molecule has 1 fully saturated rings. The number of anilines is 1. The van der Waals surface area contributed by atoms with Gasteiger partial charge in [-0.15, -0.1) is 0 Å². The lowest BCUT2D eigenvalue weighted by atomic mass is 9.81. The molecule has 0 radical (unpaired) electrons. The highest BCUT2D eigenvalue weighted by molar-refractivity contribution is 9.10. The Morgan fingerprint density at radius 3 is 2.53 bits per heavy atom. The SMILES string of the molecule is Cc1cc(Br)cc(NC2(CN)CCCCC2)c1. The third-order valence-electron chi connectivity index (χ3n) is 3.65. The first-order valence-corrected chi connectivity index (χ1v) is 7.18. The third kappa shape index (κ3) is 3.23. The zero-order valence-corrected chi connectivity index (χ0v) is 12.0. The van der Waals surface area contributed by atoms with Crippen LogP contribution in [-0.4, -0.2) is 12.1 Å². The molecule has 0 aliphatic heterocycles. The van der Waals surface area contributed by atoms with Crippen LogP contribution >= 0.6 is 15.9 Å². The second-order valence-corrected chi connectivity index (χ2v) is 6.10. The van der Waals surface area contributed by atoms with Crippen molar-refractivity contribution in [2.24, 2.45) is 5.73 Å². The van der Waals surface area contributed by atoms with Crippen LogP contribution in [0, 0.1) is 6.92 Å². The van der Waals surface area contributed by atoms with E-state index in [0.29, 0.717) is 0 Å². The van der Waals surface area contributed by atoms with Crippen molar-refractivity contribution >= 4 is 21.6 Å². The molecule has 3 heteroatoms. The number of halogens is 1.